The van der Waals surface area contributed by atoms with Crippen molar-refractivity contribution in [3.8, 4) is 0 Å². The van der Waals surface area contributed by atoms with Gasteiger partial charge in [0.2, 0.25) is 0 Å². The number of nitrogens with one attached hydrogen (secondary N) is 1. The normalized spacial score (nSPS) is 11.1. The van der Waals surface area contributed by atoms with Crippen LogP contribution in [0.4, 0.5) is 0 Å². The van der Waals surface area contributed by atoms with Gasteiger partial charge in [0.05, 0.1) is 12.2 Å². The maximum absolute atomic E-state index is 12.6. The van der Waals surface area contributed by atoms with E-state index in [-0.39, 0.29) is 5.91 Å². The molecule has 1 heterocycles. The third-order valence-corrected chi connectivity index (χ3v) is 5.65. The zero-order valence-corrected chi connectivity index (χ0v) is 18.5. The number of amides is 1. The minimum Gasteiger partial charge on any atom is -0.348 e. The second-order valence-corrected chi connectivity index (χ2v) is 7.63. The summed E-state index contributed by atoms with van der Waals surface area (Å²) in [6, 6.07) is 18.2. The lowest BCUT2D eigenvalue weighted by atomic mass is 10.1. The van der Waals surface area contributed by atoms with E-state index in [2.05, 4.69) is 48.2 Å². The lowest BCUT2D eigenvalue weighted by Crippen LogP contribution is -2.24. The first-order chi connectivity index (χ1) is 14.5. The van der Waals surface area contributed by atoms with Crippen molar-refractivity contribution >= 4 is 5.91 Å². The predicted octanol–water partition coefficient (Wildman–Crippen LogP) is 4.32. The quantitative estimate of drug-likeness (QED) is 0.578. The lowest BCUT2D eigenvalue weighted by molar-refractivity contribution is 0.0951. The highest BCUT2D eigenvalue weighted by molar-refractivity contribution is 5.94. The molecule has 0 spiro atoms. The fraction of sp³-hybridized carbons (Fsp3) is 0.360. The summed E-state index contributed by atoms with van der Waals surface area (Å²) in [7, 11) is 0. The molecule has 0 aliphatic rings. The number of carbonyl (C=O) groups is 1. The topological polar surface area (TPSA) is 50.2 Å². The van der Waals surface area contributed by atoms with Crippen LogP contribution in [0.25, 0.3) is 0 Å². The van der Waals surface area contributed by atoms with Gasteiger partial charge in [0, 0.05) is 29.9 Å². The minimum atomic E-state index is -0.0565. The van der Waals surface area contributed by atoms with E-state index in [0.717, 1.165) is 43.1 Å². The van der Waals surface area contributed by atoms with Crippen molar-refractivity contribution in [1.29, 1.82) is 0 Å². The first-order valence-corrected chi connectivity index (χ1v) is 10.7. The summed E-state index contributed by atoms with van der Waals surface area (Å²) in [5.41, 5.74) is 6.25. The number of benzene rings is 2. The van der Waals surface area contributed by atoms with Crippen LogP contribution in [-0.2, 0) is 19.6 Å². The van der Waals surface area contributed by atoms with Gasteiger partial charge in [-0.3, -0.25) is 14.4 Å². The van der Waals surface area contributed by atoms with E-state index in [1.54, 1.807) is 0 Å². The summed E-state index contributed by atoms with van der Waals surface area (Å²) in [5, 5.41) is 7.73. The zero-order valence-electron chi connectivity index (χ0n) is 18.5. The third-order valence-electron chi connectivity index (χ3n) is 5.65. The molecule has 0 aliphatic carbocycles. The molecule has 0 fully saturated rings. The molecule has 1 aromatic heterocycles. The molecule has 1 amide bonds. The molecule has 3 rings (SSSR count). The summed E-state index contributed by atoms with van der Waals surface area (Å²) in [5.74, 6) is -0.0565. The number of aryl methyl sites for hydroxylation is 1. The van der Waals surface area contributed by atoms with E-state index in [0.29, 0.717) is 12.1 Å². The molecule has 0 saturated heterocycles. The third kappa shape index (κ3) is 5.36. The molecule has 0 aliphatic heterocycles. The highest BCUT2D eigenvalue weighted by Crippen LogP contribution is 2.15. The Bertz CT molecular complexity index is 957. The van der Waals surface area contributed by atoms with E-state index in [1.807, 2.05) is 54.1 Å². The van der Waals surface area contributed by atoms with E-state index < -0.39 is 0 Å². The van der Waals surface area contributed by atoms with Crippen molar-refractivity contribution in [1.82, 2.24) is 20.0 Å². The molecule has 0 radical (unpaired) electrons. The van der Waals surface area contributed by atoms with Crippen LogP contribution < -0.4 is 5.32 Å². The van der Waals surface area contributed by atoms with Gasteiger partial charge in [0.15, 0.2) is 0 Å². The van der Waals surface area contributed by atoms with Gasteiger partial charge in [-0.2, -0.15) is 5.10 Å². The first-order valence-electron chi connectivity index (χ1n) is 10.7. The first kappa shape index (κ1) is 21.8. The van der Waals surface area contributed by atoms with Crippen LogP contribution >= 0.6 is 0 Å². The predicted molar refractivity (Wildman–Crippen MR) is 121 cm³/mol. The summed E-state index contributed by atoms with van der Waals surface area (Å²) in [6.07, 6.45) is 0. The summed E-state index contributed by atoms with van der Waals surface area (Å²) in [6.45, 7) is 12.6. The maximum Gasteiger partial charge on any atom is 0.251 e. The van der Waals surface area contributed by atoms with Crippen molar-refractivity contribution in [3.63, 3.8) is 0 Å². The van der Waals surface area contributed by atoms with Crippen LogP contribution in [0.2, 0.25) is 0 Å². The number of rotatable bonds is 9. The van der Waals surface area contributed by atoms with Gasteiger partial charge in [0.1, 0.15) is 0 Å². The fourth-order valence-corrected chi connectivity index (χ4v) is 3.64. The average Bonchev–Trinajstić information content (AvgIpc) is 3.03. The van der Waals surface area contributed by atoms with Crippen LogP contribution in [-0.4, -0.2) is 33.7 Å². The number of aromatic nitrogens is 2. The molecular formula is C25H32N4O. The van der Waals surface area contributed by atoms with Crippen LogP contribution in [0.3, 0.4) is 0 Å². The van der Waals surface area contributed by atoms with Crippen LogP contribution in [0, 0.1) is 13.8 Å². The fourth-order valence-electron chi connectivity index (χ4n) is 3.64. The van der Waals surface area contributed by atoms with Crippen molar-refractivity contribution in [2.45, 2.75) is 47.3 Å². The van der Waals surface area contributed by atoms with Crippen molar-refractivity contribution < 1.29 is 4.79 Å². The summed E-state index contributed by atoms with van der Waals surface area (Å²) in [4.78, 5) is 15.0. The second kappa shape index (κ2) is 10.2. The van der Waals surface area contributed by atoms with Gasteiger partial charge < -0.3 is 5.32 Å². The van der Waals surface area contributed by atoms with E-state index in [9.17, 15) is 4.79 Å². The van der Waals surface area contributed by atoms with Crippen LogP contribution in [0.5, 0.6) is 0 Å². The molecule has 0 bridgehead atoms. The van der Waals surface area contributed by atoms with Gasteiger partial charge in [0.25, 0.3) is 5.91 Å². The van der Waals surface area contributed by atoms with Crippen molar-refractivity contribution in [2.75, 3.05) is 13.1 Å². The lowest BCUT2D eigenvalue weighted by Gasteiger charge is -2.18. The molecule has 1 N–H and O–H groups in total. The smallest absolute Gasteiger partial charge is 0.251 e. The van der Waals surface area contributed by atoms with Gasteiger partial charge in [-0.25, -0.2) is 0 Å². The Kier molecular flexibility index (Phi) is 7.41. The molecule has 5 heteroatoms. The largest absolute Gasteiger partial charge is 0.348 e. The van der Waals surface area contributed by atoms with E-state index in [1.165, 1.54) is 11.1 Å². The van der Waals surface area contributed by atoms with Gasteiger partial charge >= 0.3 is 0 Å². The van der Waals surface area contributed by atoms with Gasteiger partial charge in [-0.15, -0.1) is 0 Å². The Hall–Kier alpha value is -2.92. The molecule has 0 atom stereocenters. The molecule has 0 unspecified atom stereocenters. The van der Waals surface area contributed by atoms with E-state index >= 15 is 0 Å². The monoisotopic (exact) mass is 404 g/mol. The number of carbonyl (C=O) groups excluding carboxylic acids is 1. The van der Waals surface area contributed by atoms with Gasteiger partial charge in [-0.1, -0.05) is 56.3 Å². The van der Waals surface area contributed by atoms with Crippen molar-refractivity contribution in [2.24, 2.45) is 0 Å². The highest BCUT2D eigenvalue weighted by Gasteiger charge is 2.14. The summed E-state index contributed by atoms with van der Waals surface area (Å²) >= 11 is 0. The molecule has 158 valence electrons. The second-order valence-electron chi connectivity index (χ2n) is 7.63. The van der Waals surface area contributed by atoms with E-state index in [4.69, 9.17) is 0 Å². The minimum absolute atomic E-state index is 0.0565. The Morgan fingerprint density at radius 3 is 2.27 bits per heavy atom. The van der Waals surface area contributed by atoms with Crippen LogP contribution in [0.15, 0.2) is 54.6 Å². The highest BCUT2D eigenvalue weighted by atomic mass is 16.1. The van der Waals surface area contributed by atoms with Crippen molar-refractivity contribution in [3.05, 3.63) is 88.2 Å². The Balaban J connectivity index is 1.62. The number of hydrogen-bond acceptors (Lipinski definition) is 3. The summed E-state index contributed by atoms with van der Waals surface area (Å²) < 4.78 is 2.01. The molecular weight excluding hydrogens is 372 g/mol. The molecule has 30 heavy (non-hydrogen) atoms. The molecule has 5 nitrogen and oxygen atoms in total. The molecule has 0 saturated carbocycles. The van der Waals surface area contributed by atoms with Gasteiger partial charge in [-0.05, 0) is 50.2 Å². The standard InChI is InChI=1S/C25H32N4O/c1-5-28(6-2)17-22-12-14-23(15-13-22)25(30)26-16-24-19(3)27-29(20(24)4)18-21-10-8-7-9-11-21/h7-15H,5-6,16-18H2,1-4H3,(H,26,30). The maximum atomic E-state index is 12.6. The SMILES string of the molecule is CCN(CC)Cc1ccc(C(=O)NCc2c(C)nn(Cc3ccccc3)c2C)cc1. The van der Waals surface area contributed by atoms with Crippen LogP contribution in [0.1, 0.15) is 52.3 Å². The number of nitrogens with zero attached hydrogens (tertiary/aromatic N) is 3. The zero-order chi connectivity index (χ0) is 21.5. The number of hydrogen-bond donors (Lipinski definition) is 1. The Morgan fingerprint density at radius 1 is 0.967 bits per heavy atom. The molecule has 3 aromatic rings. The Labute approximate surface area is 179 Å². The Morgan fingerprint density at radius 2 is 1.63 bits per heavy atom. The average molecular weight is 405 g/mol. The molecule has 2 aromatic carbocycles.